The molecular weight excluding hydrogens is 704 g/mol. The van der Waals surface area contributed by atoms with Crippen LogP contribution >= 0.6 is 11.3 Å². The molecule has 0 bridgehead atoms. The Morgan fingerprint density at radius 2 is 1.82 bits per heavy atom. The monoisotopic (exact) mass is 747 g/mol. The molecule has 0 unspecified atom stereocenters. The van der Waals surface area contributed by atoms with Crippen LogP contribution in [0.5, 0.6) is 6.01 Å². The van der Waals surface area contributed by atoms with Crippen LogP contribution < -0.4 is 14.8 Å². The molecule has 51 heavy (non-hydrogen) atoms. The van der Waals surface area contributed by atoms with E-state index in [1.54, 1.807) is 0 Å². The van der Waals surface area contributed by atoms with E-state index in [2.05, 4.69) is 66.4 Å². The predicted octanol–water partition coefficient (Wildman–Crippen LogP) is 4.88. The lowest BCUT2D eigenvalue weighted by Gasteiger charge is -2.38. The molecule has 276 valence electrons. The molecule has 4 aromatic rings. The summed E-state index contributed by atoms with van der Waals surface area (Å²) >= 11 is 1.01. The molecule has 1 aromatic carbocycles. The van der Waals surface area contributed by atoms with Gasteiger partial charge < -0.3 is 14.6 Å². The largest absolute Gasteiger partial charge is 0.467 e. The number of benzene rings is 1. The summed E-state index contributed by atoms with van der Waals surface area (Å²) in [5.41, 5.74) is 3.97. The van der Waals surface area contributed by atoms with E-state index in [4.69, 9.17) is 4.74 Å². The van der Waals surface area contributed by atoms with Crippen molar-refractivity contribution in [3.05, 3.63) is 46.0 Å². The van der Waals surface area contributed by atoms with Crippen molar-refractivity contribution in [1.82, 2.24) is 33.4 Å². The average Bonchev–Trinajstić information content (AvgIpc) is 3.68. The van der Waals surface area contributed by atoms with Gasteiger partial charge in [0.1, 0.15) is 22.4 Å². The number of ether oxygens (including phenoxy) is 1. The van der Waals surface area contributed by atoms with Crippen molar-refractivity contribution in [3.8, 4) is 12.1 Å². The van der Waals surface area contributed by atoms with Crippen molar-refractivity contribution in [2.75, 3.05) is 58.7 Å². The minimum atomic E-state index is -4.30. The third-order valence-electron chi connectivity index (χ3n) is 10.1. The highest BCUT2D eigenvalue weighted by molar-refractivity contribution is 7.87. The second-order valence-electron chi connectivity index (χ2n) is 13.2. The van der Waals surface area contributed by atoms with E-state index >= 15 is 0 Å². The first-order chi connectivity index (χ1) is 24.3. The van der Waals surface area contributed by atoms with Crippen LogP contribution in [0.15, 0.2) is 24.3 Å². The van der Waals surface area contributed by atoms with Gasteiger partial charge in [0.15, 0.2) is 0 Å². The Bertz CT molecular complexity index is 2010. The fourth-order valence-electron chi connectivity index (χ4n) is 7.24. The molecule has 0 amide bonds. The fraction of sp³-hybridized carbons (Fsp3) is 0.559. The third-order valence-corrected chi connectivity index (χ3v) is 12.7. The molecule has 0 spiro atoms. The number of hydrogen-bond acceptors (Lipinski definition) is 10. The Hall–Kier alpha value is -3.53. The number of likely N-dealkylation sites (tertiary alicyclic amines) is 1. The molecule has 17 heteroatoms. The SMILES string of the molecule is CC[C@@H](Cn1c(C#N)cc2c(C)c(CN3CCC(Nc4nc(OC)nc5sc(CC(F)(F)F)cc45)CC3)ccc21)N1CCN(S(=O)(=O)NC)CC1. The zero-order chi connectivity index (χ0) is 36.5. The van der Waals surface area contributed by atoms with E-state index in [1.165, 1.54) is 30.1 Å². The zero-order valence-electron chi connectivity index (χ0n) is 29.3. The Kier molecular flexibility index (Phi) is 11.1. The van der Waals surface area contributed by atoms with Crippen molar-refractivity contribution in [1.29, 1.82) is 5.26 Å². The van der Waals surface area contributed by atoms with Crippen LogP contribution in [0.2, 0.25) is 0 Å². The highest BCUT2D eigenvalue weighted by atomic mass is 32.2. The summed E-state index contributed by atoms with van der Waals surface area (Å²) in [7, 11) is -0.581. The standard InChI is InChI=1S/C34H44F3N9O3S2/c1-5-25(44-12-14-45(15-13-44)51(47,48)39-3)21-46-26(19-38)16-28-22(2)23(6-7-30(28)46)20-43-10-8-24(9-11-43)40-31-29-17-27(18-34(35,36)37)50-32(29)42-33(41-31)49-4/h6-7,16-17,24-25,39H,5,8-15,18,20-21H2,1-4H3,(H,40,41,42)/t25-/m0/s1. The molecule has 1 atom stereocenters. The first-order valence-corrected chi connectivity index (χ1v) is 19.4. The van der Waals surface area contributed by atoms with Crippen molar-refractivity contribution >= 4 is 48.5 Å². The topological polar surface area (TPSA) is 132 Å². The van der Waals surface area contributed by atoms with E-state index in [1.807, 2.05) is 6.07 Å². The molecule has 2 saturated heterocycles. The van der Waals surface area contributed by atoms with Gasteiger partial charge in [-0.2, -0.15) is 41.1 Å². The lowest BCUT2D eigenvalue weighted by atomic mass is 10.0. The first kappa shape index (κ1) is 37.2. The van der Waals surface area contributed by atoms with Gasteiger partial charge in [0.25, 0.3) is 10.2 Å². The Morgan fingerprint density at radius 1 is 1.10 bits per heavy atom. The second-order valence-corrected chi connectivity index (χ2v) is 16.2. The molecular formula is C34H44F3N9O3S2. The number of aryl methyl sites for hydroxylation is 1. The summed E-state index contributed by atoms with van der Waals surface area (Å²) in [5.74, 6) is 0.494. The quantitative estimate of drug-likeness (QED) is 0.208. The second kappa shape index (κ2) is 15.2. The zero-order valence-corrected chi connectivity index (χ0v) is 30.9. The Morgan fingerprint density at radius 3 is 2.45 bits per heavy atom. The molecule has 2 fully saturated rings. The number of nitrogens with one attached hydrogen (secondary N) is 2. The maximum atomic E-state index is 13.1. The smallest absolute Gasteiger partial charge is 0.393 e. The molecule has 0 radical (unpaired) electrons. The van der Waals surface area contributed by atoms with Gasteiger partial charge in [0.2, 0.25) is 0 Å². The number of methoxy groups -OCH3 is 1. The highest BCUT2D eigenvalue weighted by Crippen LogP contribution is 2.35. The van der Waals surface area contributed by atoms with Crippen molar-refractivity contribution in [2.24, 2.45) is 0 Å². The number of aromatic nitrogens is 3. The number of piperidine rings is 1. The molecule has 6 rings (SSSR count). The van der Waals surface area contributed by atoms with Gasteiger partial charge in [0.05, 0.1) is 18.9 Å². The maximum Gasteiger partial charge on any atom is 0.393 e. The number of rotatable bonds is 12. The number of hydrogen-bond donors (Lipinski definition) is 2. The molecule has 0 saturated carbocycles. The lowest BCUT2D eigenvalue weighted by Crippen LogP contribution is -2.54. The van der Waals surface area contributed by atoms with Crippen molar-refractivity contribution in [3.63, 3.8) is 0 Å². The number of piperazine rings is 1. The number of anilines is 1. The van der Waals surface area contributed by atoms with Gasteiger partial charge in [-0.3, -0.25) is 9.80 Å². The van der Waals surface area contributed by atoms with Gasteiger partial charge >= 0.3 is 12.2 Å². The minimum absolute atomic E-state index is 0.0908. The van der Waals surface area contributed by atoms with E-state index in [9.17, 15) is 26.9 Å². The van der Waals surface area contributed by atoms with E-state index in [0.29, 0.717) is 54.5 Å². The third kappa shape index (κ3) is 8.26. The van der Waals surface area contributed by atoms with E-state index in [0.717, 1.165) is 66.7 Å². The van der Waals surface area contributed by atoms with Crippen LogP contribution in [0.1, 0.15) is 47.9 Å². The molecule has 2 aliphatic heterocycles. The van der Waals surface area contributed by atoms with Gasteiger partial charge in [-0.25, -0.2) is 4.72 Å². The van der Waals surface area contributed by atoms with Gasteiger partial charge in [-0.05, 0) is 55.5 Å². The van der Waals surface area contributed by atoms with Crippen molar-refractivity contribution in [2.45, 2.75) is 70.9 Å². The summed E-state index contributed by atoms with van der Waals surface area (Å²) in [5, 5.41) is 15.2. The molecule has 3 aromatic heterocycles. The predicted molar refractivity (Wildman–Crippen MR) is 192 cm³/mol. The maximum absolute atomic E-state index is 13.1. The Balaban J connectivity index is 1.11. The number of fused-ring (bicyclic) bond motifs is 2. The van der Waals surface area contributed by atoms with Gasteiger partial charge in [-0.1, -0.05) is 13.0 Å². The number of nitrogens with zero attached hydrogens (tertiary/aromatic N) is 7. The van der Waals surface area contributed by atoms with E-state index < -0.39 is 22.8 Å². The molecule has 12 nitrogen and oxygen atoms in total. The van der Waals surface area contributed by atoms with Crippen LogP contribution in [-0.2, 0) is 29.7 Å². The summed E-state index contributed by atoms with van der Waals surface area (Å²) < 4.78 is 75.0. The van der Waals surface area contributed by atoms with Gasteiger partial charge in [0, 0.05) is 87.3 Å². The normalized spacial score (nSPS) is 18.0. The van der Waals surface area contributed by atoms with Gasteiger partial charge in [-0.15, -0.1) is 11.3 Å². The average molecular weight is 748 g/mol. The molecule has 5 heterocycles. The number of halogens is 3. The summed E-state index contributed by atoms with van der Waals surface area (Å²) in [6.07, 6.45) is -2.78. The summed E-state index contributed by atoms with van der Waals surface area (Å²) in [4.78, 5) is 14.1. The van der Waals surface area contributed by atoms with Crippen LogP contribution in [-0.4, -0.2) is 109 Å². The number of thiophene rings is 1. The number of nitriles is 1. The minimum Gasteiger partial charge on any atom is -0.467 e. The highest BCUT2D eigenvalue weighted by Gasteiger charge is 2.31. The van der Waals surface area contributed by atoms with Crippen molar-refractivity contribution < 1.29 is 26.3 Å². The number of alkyl halides is 3. The van der Waals surface area contributed by atoms with Crippen LogP contribution in [0.25, 0.3) is 21.1 Å². The summed E-state index contributed by atoms with van der Waals surface area (Å²) in [6, 6.07) is 10.5. The lowest BCUT2D eigenvalue weighted by molar-refractivity contribution is -0.126. The first-order valence-electron chi connectivity index (χ1n) is 17.2. The van der Waals surface area contributed by atoms with Crippen LogP contribution in [0.3, 0.4) is 0 Å². The Labute approximate surface area is 300 Å². The molecule has 2 aliphatic rings. The van der Waals surface area contributed by atoms with E-state index in [-0.39, 0.29) is 23.0 Å². The van der Waals surface area contributed by atoms with Crippen LogP contribution in [0, 0.1) is 18.3 Å². The summed E-state index contributed by atoms with van der Waals surface area (Å²) in [6.45, 7) is 9.40. The molecule has 2 N–H and O–H groups in total. The molecule has 0 aliphatic carbocycles. The fourth-order valence-corrected chi connectivity index (χ4v) is 9.19. The van der Waals surface area contributed by atoms with Crippen LogP contribution in [0.4, 0.5) is 19.0 Å².